The Labute approximate surface area is 204 Å². The van der Waals surface area contributed by atoms with Gasteiger partial charge in [-0.1, -0.05) is 6.07 Å². The van der Waals surface area contributed by atoms with E-state index in [1.165, 1.54) is 0 Å². The maximum atomic E-state index is 13.2. The molecule has 0 bridgehead atoms. The highest BCUT2D eigenvalue weighted by Crippen LogP contribution is 2.42. The molecule has 4 rings (SSSR count). The summed E-state index contributed by atoms with van der Waals surface area (Å²) < 4.78 is 21.8. The average Bonchev–Trinajstić information content (AvgIpc) is 3.18. The molecule has 0 atom stereocenters. The average molecular weight is 483 g/mol. The molecular weight excluding hydrogens is 452 g/mol. The molecule has 1 saturated heterocycles. The molecule has 186 valence electrons. The molecular formula is C26H30N2O7. The van der Waals surface area contributed by atoms with Gasteiger partial charge < -0.3 is 29.0 Å². The third-order valence-electron chi connectivity index (χ3n) is 6.21. The minimum atomic E-state index is -0.315. The van der Waals surface area contributed by atoms with Crippen LogP contribution in [0, 0.1) is 6.92 Å². The van der Waals surface area contributed by atoms with E-state index < -0.39 is 0 Å². The molecule has 2 heterocycles. The number of piperazine rings is 1. The van der Waals surface area contributed by atoms with Crippen LogP contribution in [0.15, 0.2) is 30.0 Å². The molecule has 2 aliphatic heterocycles. The van der Waals surface area contributed by atoms with Crippen molar-refractivity contribution in [2.45, 2.75) is 20.4 Å². The van der Waals surface area contributed by atoms with E-state index in [-0.39, 0.29) is 23.4 Å². The molecule has 1 amide bonds. The lowest BCUT2D eigenvalue weighted by atomic mass is 9.99. The van der Waals surface area contributed by atoms with Gasteiger partial charge >= 0.3 is 6.09 Å². The summed E-state index contributed by atoms with van der Waals surface area (Å²) in [6, 6.07) is 6.93. The highest BCUT2D eigenvalue weighted by molar-refractivity contribution is 6.15. The Balaban J connectivity index is 1.57. The van der Waals surface area contributed by atoms with Gasteiger partial charge in [-0.05, 0) is 49.2 Å². The molecule has 0 aromatic heterocycles. The lowest BCUT2D eigenvalue weighted by Gasteiger charge is -2.34. The van der Waals surface area contributed by atoms with E-state index in [1.54, 1.807) is 57.2 Å². The topological polar surface area (TPSA) is 97.8 Å². The molecule has 1 N–H and O–H groups in total. The van der Waals surface area contributed by atoms with Crippen molar-refractivity contribution in [2.24, 2.45) is 0 Å². The van der Waals surface area contributed by atoms with Gasteiger partial charge in [-0.3, -0.25) is 9.69 Å². The number of benzene rings is 2. The van der Waals surface area contributed by atoms with E-state index in [4.69, 9.17) is 18.9 Å². The SMILES string of the molecule is CCOC(=O)N1CCN(Cc2c(O)cc(C)c3c2O/C(=C\c2ccc(OC)c(OC)c2)C3=O)CC1. The summed E-state index contributed by atoms with van der Waals surface area (Å²) in [5, 5.41) is 10.7. The fourth-order valence-electron chi connectivity index (χ4n) is 4.35. The third-order valence-corrected chi connectivity index (χ3v) is 6.21. The number of ketones is 1. The van der Waals surface area contributed by atoms with Crippen LogP contribution in [0.4, 0.5) is 4.79 Å². The van der Waals surface area contributed by atoms with Crippen LogP contribution in [0.3, 0.4) is 0 Å². The number of amides is 1. The molecule has 0 unspecified atom stereocenters. The number of hydrogen-bond donors (Lipinski definition) is 1. The maximum absolute atomic E-state index is 13.2. The molecule has 2 aliphatic rings. The highest BCUT2D eigenvalue weighted by atomic mass is 16.6. The number of ether oxygens (including phenoxy) is 4. The number of nitrogens with zero attached hydrogens (tertiary/aromatic N) is 2. The molecule has 2 aromatic carbocycles. The Kier molecular flexibility index (Phi) is 7.16. The number of phenols is 1. The smallest absolute Gasteiger partial charge is 0.409 e. The Hall–Kier alpha value is -3.72. The second kappa shape index (κ2) is 10.3. The standard InChI is InChI=1S/C26H30N2O7/c1-5-34-26(31)28-10-8-27(9-11-28)15-18-19(29)12-16(2)23-24(30)22(35-25(18)23)14-17-6-7-20(32-3)21(13-17)33-4/h6-7,12-14,29H,5,8-11,15H2,1-4H3/b22-14-. The minimum Gasteiger partial charge on any atom is -0.507 e. The number of carbonyl (C=O) groups excluding carboxylic acids is 2. The van der Waals surface area contributed by atoms with Gasteiger partial charge in [0, 0.05) is 32.7 Å². The Morgan fingerprint density at radius 1 is 1.11 bits per heavy atom. The Morgan fingerprint density at radius 2 is 1.83 bits per heavy atom. The quantitative estimate of drug-likeness (QED) is 0.624. The first-order valence-electron chi connectivity index (χ1n) is 11.5. The van der Waals surface area contributed by atoms with Crippen molar-refractivity contribution in [3.05, 3.63) is 52.3 Å². The summed E-state index contributed by atoms with van der Waals surface area (Å²) in [5.74, 6) is 1.53. The molecule has 0 radical (unpaired) electrons. The van der Waals surface area contributed by atoms with E-state index >= 15 is 0 Å². The number of aryl methyl sites for hydroxylation is 1. The zero-order valence-electron chi connectivity index (χ0n) is 20.4. The van der Waals surface area contributed by atoms with Crippen LogP contribution in [0.5, 0.6) is 23.0 Å². The lowest BCUT2D eigenvalue weighted by Crippen LogP contribution is -2.48. The fraction of sp³-hybridized carbons (Fsp3) is 0.385. The van der Waals surface area contributed by atoms with Crippen LogP contribution in [0.25, 0.3) is 6.08 Å². The van der Waals surface area contributed by atoms with Crippen molar-refractivity contribution in [3.8, 4) is 23.0 Å². The predicted octanol–water partition coefficient (Wildman–Crippen LogP) is 3.61. The molecule has 9 nitrogen and oxygen atoms in total. The number of aromatic hydroxyl groups is 1. The zero-order chi connectivity index (χ0) is 25.1. The molecule has 0 saturated carbocycles. The Bertz CT molecular complexity index is 1170. The fourth-order valence-corrected chi connectivity index (χ4v) is 4.35. The highest BCUT2D eigenvalue weighted by Gasteiger charge is 2.34. The normalized spacial score (nSPS) is 16.7. The van der Waals surface area contributed by atoms with E-state index in [2.05, 4.69) is 4.90 Å². The van der Waals surface area contributed by atoms with Crippen LogP contribution in [-0.4, -0.2) is 73.8 Å². The van der Waals surface area contributed by atoms with E-state index in [9.17, 15) is 14.7 Å². The number of carbonyl (C=O) groups is 2. The first-order valence-corrected chi connectivity index (χ1v) is 11.5. The van der Waals surface area contributed by atoms with E-state index in [1.807, 2.05) is 6.07 Å². The number of rotatable bonds is 6. The summed E-state index contributed by atoms with van der Waals surface area (Å²) in [6.07, 6.45) is 1.34. The number of hydrogen-bond acceptors (Lipinski definition) is 8. The van der Waals surface area contributed by atoms with Crippen LogP contribution in [0.1, 0.15) is 34.0 Å². The van der Waals surface area contributed by atoms with E-state index in [0.717, 1.165) is 5.56 Å². The van der Waals surface area contributed by atoms with Gasteiger partial charge in [-0.25, -0.2) is 4.79 Å². The van der Waals surface area contributed by atoms with Gasteiger partial charge in [0.15, 0.2) is 17.3 Å². The summed E-state index contributed by atoms with van der Waals surface area (Å²) in [7, 11) is 3.11. The number of Topliss-reactive ketones (excluding diaryl/α,β-unsaturated/α-hetero) is 1. The first-order chi connectivity index (χ1) is 16.9. The summed E-state index contributed by atoms with van der Waals surface area (Å²) >= 11 is 0. The third kappa shape index (κ3) is 4.90. The maximum Gasteiger partial charge on any atom is 0.409 e. The zero-order valence-corrected chi connectivity index (χ0v) is 20.4. The van der Waals surface area contributed by atoms with Gasteiger partial charge in [0.2, 0.25) is 5.78 Å². The van der Waals surface area contributed by atoms with Gasteiger partial charge in [0.1, 0.15) is 11.5 Å². The van der Waals surface area contributed by atoms with Crippen LogP contribution >= 0.6 is 0 Å². The van der Waals surface area contributed by atoms with Gasteiger partial charge in [-0.15, -0.1) is 0 Å². The molecule has 2 aromatic rings. The van der Waals surface area contributed by atoms with Crippen molar-refractivity contribution < 1.29 is 33.6 Å². The van der Waals surface area contributed by atoms with Crippen LogP contribution in [0.2, 0.25) is 0 Å². The molecule has 35 heavy (non-hydrogen) atoms. The van der Waals surface area contributed by atoms with Crippen molar-refractivity contribution in [2.75, 3.05) is 47.0 Å². The molecule has 9 heteroatoms. The van der Waals surface area contributed by atoms with Crippen molar-refractivity contribution >= 4 is 18.0 Å². The largest absolute Gasteiger partial charge is 0.507 e. The monoisotopic (exact) mass is 482 g/mol. The van der Waals surface area contributed by atoms with Gasteiger partial charge in [0.25, 0.3) is 0 Å². The second-order valence-electron chi connectivity index (χ2n) is 8.41. The van der Waals surface area contributed by atoms with Crippen LogP contribution < -0.4 is 14.2 Å². The molecule has 0 aliphatic carbocycles. The van der Waals surface area contributed by atoms with Gasteiger partial charge in [0.05, 0.1) is 32.0 Å². The van der Waals surface area contributed by atoms with Crippen LogP contribution in [-0.2, 0) is 11.3 Å². The summed E-state index contributed by atoms with van der Waals surface area (Å²) in [6.45, 7) is 6.57. The lowest BCUT2D eigenvalue weighted by molar-refractivity contribution is 0.0774. The van der Waals surface area contributed by atoms with E-state index in [0.29, 0.717) is 73.3 Å². The number of phenolic OH excluding ortho intramolecular Hbond substituents is 1. The van der Waals surface area contributed by atoms with Gasteiger partial charge in [-0.2, -0.15) is 0 Å². The first kappa shape index (κ1) is 24.4. The minimum absolute atomic E-state index is 0.0780. The number of allylic oxidation sites excluding steroid dienone is 1. The summed E-state index contributed by atoms with van der Waals surface area (Å²) in [5.41, 5.74) is 2.38. The predicted molar refractivity (Wildman–Crippen MR) is 129 cm³/mol. The summed E-state index contributed by atoms with van der Waals surface area (Å²) in [4.78, 5) is 29.0. The number of fused-ring (bicyclic) bond motifs is 1. The van der Waals surface area contributed by atoms with Crippen molar-refractivity contribution in [3.63, 3.8) is 0 Å². The molecule has 0 spiro atoms. The number of methoxy groups -OCH3 is 2. The molecule has 1 fully saturated rings. The Morgan fingerprint density at radius 3 is 2.49 bits per heavy atom. The second-order valence-corrected chi connectivity index (χ2v) is 8.41. The van der Waals surface area contributed by atoms with Crippen molar-refractivity contribution in [1.29, 1.82) is 0 Å². The van der Waals surface area contributed by atoms with Crippen molar-refractivity contribution in [1.82, 2.24) is 9.80 Å².